The summed E-state index contributed by atoms with van der Waals surface area (Å²) < 4.78 is 0. The van der Waals surface area contributed by atoms with Crippen LogP contribution in [0.4, 0.5) is 5.00 Å². The molecule has 1 atom stereocenters. The van der Waals surface area contributed by atoms with Gasteiger partial charge in [0.1, 0.15) is 11.1 Å². The van der Waals surface area contributed by atoms with Gasteiger partial charge in [0.05, 0.1) is 18.7 Å². The fourth-order valence-electron chi connectivity index (χ4n) is 2.47. The van der Waals surface area contributed by atoms with Gasteiger partial charge in [0.2, 0.25) is 0 Å². The fraction of sp³-hybridized carbons (Fsp3) is 0.571. The lowest BCUT2D eigenvalue weighted by atomic mass is 9.98. The molecule has 2 rings (SSSR count). The molecule has 1 saturated heterocycles. The first-order chi connectivity index (χ1) is 9.11. The first-order valence-electron chi connectivity index (χ1n) is 6.75. The molecule has 0 aromatic carbocycles. The second-order valence-electron chi connectivity index (χ2n) is 5.33. The van der Waals surface area contributed by atoms with E-state index in [1.165, 1.54) is 29.1 Å². The molecule has 19 heavy (non-hydrogen) atoms. The molecule has 1 fully saturated rings. The van der Waals surface area contributed by atoms with Crippen molar-refractivity contribution in [1.82, 2.24) is 0 Å². The standard InChI is InChI=1S/C14H19N3OS/c1-10-3-6-17(7-4-10)11(2)13(18)16-14-12(9-15)5-8-19-14/h5,8,10-11H,3-4,6-7H2,1-2H3,(H,16,18)/p+1/t11-/m0/s1. The van der Waals surface area contributed by atoms with Crippen LogP contribution in [0.5, 0.6) is 0 Å². The zero-order chi connectivity index (χ0) is 13.8. The maximum absolute atomic E-state index is 12.2. The number of hydrogen-bond donors (Lipinski definition) is 2. The van der Waals surface area contributed by atoms with Gasteiger partial charge in [-0.2, -0.15) is 5.26 Å². The number of nitrogens with zero attached hydrogens (tertiary/aromatic N) is 1. The van der Waals surface area contributed by atoms with Gasteiger partial charge in [-0.3, -0.25) is 4.79 Å². The quantitative estimate of drug-likeness (QED) is 0.874. The molecule has 2 N–H and O–H groups in total. The molecule has 4 nitrogen and oxygen atoms in total. The molecule has 1 aromatic heterocycles. The van der Waals surface area contributed by atoms with Crippen molar-refractivity contribution in [3.05, 3.63) is 17.0 Å². The zero-order valence-electron chi connectivity index (χ0n) is 11.4. The average molecular weight is 278 g/mol. The summed E-state index contributed by atoms with van der Waals surface area (Å²) in [5, 5.41) is 14.3. The molecule has 0 radical (unpaired) electrons. The van der Waals surface area contributed by atoms with Crippen molar-refractivity contribution in [2.24, 2.45) is 5.92 Å². The molecule has 1 aliphatic rings. The highest BCUT2D eigenvalue weighted by Gasteiger charge is 2.29. The van der Waals surface area contributed by atoms with Gasteiger partial charge >= 0.3 is 0 Å². The molecule has 102 valence electrons. The normalized spacial score (nSPS) is 24.5. The Kier molecular flexibility index (Phi) is 4.56. The summed E-state index contributed by atoms with van der Waals surface area (Å²) in [5.41, 5.74) is 0.549. The maximum atomic E-state index is 12.2. The summed E-state index contributed by atoms with van der Waals surface area (Å²) in [4.78, 5) is 13.6. The summed E-state index contributed by atoms with van der Waals surface area (Å²) in [6.07, 6.45) is 2.38. The van der Waals surface area contributed by atoms with E-state index < -0.39 is 0 Å². The number of carbonyl (C=O) groups is 1. The van der Waals surface area contributed by atoms with Gasteiger partial charge in [-0.1, -0.05) is 6.92 Å². The summed E-state index contributed by atoms with van der Waals surface area (Å²) in [6, 6.07) is 3.78. The van der Waals surface area contributed by atoms with Crippen LogP contribution < -0.4 is 10.2 Å². The minimum atomic E-state index is -0.0545. The highest BCUT2D eigenvalue weighted by atomic mass is 32.1. The number of rotatable bonds is 3. The number of amides is 1. The predicted octanol–water partition coefficient (Wildman–Crippen LogP) is 1.26. The van der Waals surface area contributed by atoms with E-state index in [0.29, 0.717) is 10.6 Å². The molecule has 1 amide bonds. The molecule has 2 heterocycles. The van der Waals surface area contributed by atoms with Gasteiger partial charge in [0, 0.05) is 0 Å². The third-order valence-corrected chi connectivity index (χ3v) is 4.77. The number of likely N-dealkylation sites (tertiary alicyclic amines) is 1. The van der Waals surface area contributed by atoms with E-state index in [4.69, 9.17) is 5.26 Å². The van der Waals surface area contributed by atoms with E-state index in [1.54, 1.807) is 6.07 Å². The van der Waals surface area contributed by atoms with Crippen LogP contribution in [0.3, 0.4) is 0 Å². The lowest BCUT2D eigenvalue weighted by Gasteiger charge is -2.31. The van der Waals surface area contributed by atoms with Gasteiger partial charge in [-0.15, -0.1) is 11.3 Å². The molecule has 1 aliphatic heterocycles. The molecular weight excluding hydrogens is 258 g/mol. The number of carbonyl (C=O) groups excluding carboxylic acids is 1. The Morgan fingerprint density at radius 3 is 2.89 bits per heavy atom. The molecule has 0 aliphatic carbocycles. The second kappa shape index (κ2) is 6.18. The summed E-state index contributed by atoms with van der Waals surface area (Å²) in [6.45, 7) is 6.36. The molecule has 5 heteroatoms. The largest absolute Gasteiger partial charge is 0.325 e. The number of nitrogens with one attached hydrogen (secondary N) is 2. The number of thiophene rings is 1. The van der Waals surface area contributed by atoms with Crippen LogP contribution >= 0.6 is 11.3 Å². The fourth-order valence-corrected chi connectivity index (χ4v) is 3.21. The summed E-state index contributed by atoms with van der Waals surface area (Å²) in [5.74, 6) is 0.796. The van der Waals surface area contributed by atoms with Crippen molar-refractivity contribution >= 4 is 22.2 Å². The van der Waals surface area contributed by atoms with Crippen LogP contribution in [0.1, 0.15) is 32.3 Å². The Labute approximate surface area is 118 Å². The van der Waals surface area contributed by atoms with Gasteiger partial charge in [0.15, 0.2) is 6.04 Å². The van der Waals surface area contributed by atoms with Crippen molar-refractivity contribution in [1.29, 1.82) is 5.26 Å². The molecule has 0 spiro atoms. The SMILES string of the molecule is CC1CC[NH+]([C@@H](C)C(=O)Nc2sccc2C#N)CC1. The van der Waals surface area contributed by atoms with Crippen molar-refractivity contribution in [2.45, 2.75) is 32.7 Å². The van der Waals surface area contributed by atoms with Gasteiger partial charge in [0.25, 0.3) is 5.91 Å². The van der Waals surface area contributed by atoms with Crippen LogP contribution in [0.25, 0.3) is 0 Å². The number of quaternary nitrogens is 1. The van der Waals surface area contributed by atoms with E-state index in [1.807, 2.05) is 12.3 Å². The Hall–Kier alpha value is -1.38. The minimum absolute atomic E-state index is 0.0171. The number of anilines is 1. The van der Waals surface area contributed by atoms with Crippen molar-refractivity contribution < 1.29 is 9.69 Å². The molecule has 1 aromatic rings. The van der Waals surface area contributed by atoms with Gasteiger partial charge in [-0.05, 0) is 37.1 Å². The lowest BCUT2D eigenvalue weighted by Crippen LogP contribution is -3.17. The summed E-state index contributed by atoms with van der Waals surface area (Å²) >= 11 is 1.40. The van der Waals surface area contributed by atoms with Crippen LogP contribution in [0.15, 0.2) is 11.4 Å². The molecular formula is C14H20N3OS+. The average Bonchev–Trinajstić information content (AvgIpc) is 2.86. The van der Waals surface area contributed by atoms with Crippen molar-refractivity contribution in [3.63, 3.8) is 0 Å². The first-order valence-corrected chi connectivity index (χ1v) is 7.62. The predicted molar refractivity (Wildman–Crippen MR) is 76.2 cm³/mol. The first kappa shape index (κ1) is 14.0. The third kappa shape index (κ3) is 3.34. The van der Waals surface area contributed by atoms with Gasteiger partial charge < -0.3 is 10.2 Å². The van der Waals surface area contributed by atoms with Crippen LogP contribution in [0, 0.1) is 17.2 Å². The molecule has 0 bridgehead atoms. The van der Waals surface area contributed by atoms with Crippen molar-refractivity contribution in [3.8, 4) is 6.07 Å². The van der Waals surface area contributed by atoms with E-state index >= 15 is 0 Å². The highest BCUT2D eigenvalue weighted by Crippen LogP contribution is 2.22. The van der Waals surface area contributed by atoms with E-state index in [0.717, 1.165) is 19.0 Å². The number of piperidine rings is 1. The Morgan fingerprint density at radius 2 is 2.26 bits per heavy atom. The van der Waals surface area contributed by atoms with Crippen LogP contribution in [0.2, 0.25) is 0 Å². The Morgan fingerprint density at radius 1 is 1.58 bits per heavy atom. The minimum Gasteiger partial charge on any atom is -0.325 e. The Bertz CT molecular complexity index is 483. The topological polar surface area (TPSA) is 57.3 Å². The van der Waals surface area contributed by atoms with Gasteiger partial charge in [-0.25, -0.2) is 0 Å². The second-order valence-corrected chi connectivity index (χ2v) is 6.24. The number of nitriles is 1. The highest BCUT2D eigenvalue weighted by molar-refractivity contribution is 7.14. The number of hydrogen-bond acceptors (Lipinski definition) is 3. The summed E-state index contributed by atoms with van der Waals surface area (Å²) in [7, 11) is 0. The molecule has 0 unspecified atom stereocenters. The van der Waals surface area contributed by atoms with E-state index in [9.17, 15) is 4.79 Å². The van der Waals surface area contributed by atoms with Crippen LogP contribution in [-0.4, -0.2) is 25.0 Å². The van der Waals surface area contributed by atoms with Crippen LogP contribution in [-0.2, 0) is 4.79 Å². The van der Waals surface area contributed by atoms with Crippen molar-refractivity contribution in [2.75, 3.05) is 18.4 Å². The smallest absolute Gasteiger partial charge is 0.283 e. The monoisotopic (exact) mass is 278 g/mol. The van der Waals surface area contributed by atoms with E-state index in [2.05, 4.69) is 18.3 Å². The molecule has 0 saturated carbocycles. The zero-order valence-corrected chi connectivity index (χ0v) is 12.2. The third-order valence-electron chi connectivity index (χ3n) is 3.94. The lowest BCUT2D eigenvalue weighted by molar-refractivity contribution is -0.919. The Balaban J connectivity index is 1.95. The van der Waals surface area contributed by atoms with E-state index in [-0.39, 0.29) is 11.9 Å². The maximum Gasteiger partial charge on any atom is 0.283 e.